The molecule has 0 aliphatic rings. The minimum atomic E-state index is -4.17. The number of nitrogens with one attached hydrogen (secondary N) is 1. The number of carbonyl (C=O) groups is 2. The number of amides is 2. The number of para-hydroxylation sites is 1. The van der Waals surface area contributed by atoms with Gasteiger partial charge in [0.1, 0.15) is 12.6 Å². The van der Waals surface area contributed by atoms with Gasteiger partial charge in [-0.15, -0.1) is 0 Å². The molecule has 0 aliphatic carbocycles. The van der Waals surface area contributed by atoms with Crippen molar-refractivity contribution in [2.24, 2.45) is 5.92 Å². The van der Waals surface area contributed by atoms with Gasteiger partial charge in [0.2, 0.25) is 11.8 Å². The lowest BCUT2D eigenvalue weighted by Gasteiger charge is -2.34. The summed E-state index contributed by atoms with van der Waals surface area (Å²) in [4.78, 5) is 29.9. The summed E-state index contributed by atoms with van der Waals surface area (Å²) in [6.07, 6.45) is 0.216. The SMILES string of the molecule is Cc1ccccc1N(CC(=O)N(Cc1ccc(Cl)c(Cl)c1)[C@H](Cc1ccccc1)C(=O)NCC(C)C)S(=O)(=O)c1ccccc1. The first-order valence-corrected chi connectivity index (χ1v) is 16.9. The summed E-state index contributed by atoms with van der Waals surface area (Å²) in [6, 6.07) is 28.5. The van der Waals surface area contributed by atoms with E-state index < -0.39 is 28.5 Å². The Morgan fingerprint density at radius 3 is 2.04 bits per heavy atom. The molecule has 0 saturated carbocycles. The zero-order valence-corrected chi connectivity index (χ0v) is 27.8. The highest BCUT2D eigenvalue weighted by Crippen LogP contribution is 2.28. The zero-order chi connectivity index (χ0) is 32.6. The van der Waals surface area contributed by atoms with E-state index in [9.17, 15) is 18.0 Å². The van der Waals surface area contributed by atoms with Crippen LogP contribution < -0.4 is 9.62 Å². The molecule has 0 bridgehead atoms. The normalized spacial score (nSPS) is 12.0. The molecule has 2 amide bonds. The van der Waals surface area contributed by atoms with Gasteiger partial charge in [-0.25, -0.2) is 8.42 Å². The van der Waals surface area contributed by atoms with Gasteiger partial charge in [0.05, 0.1) is 20.6 Å². The third-order valence-electron chi connectivity index (χ3n) is 7.29. The Bertz CT molecular complexity index is 1720. The Labute approximate surface area is 275 Å². The van der Waals surface area contributed by atoms with Crippen LogP contribution in [0.5, 0.6) is 0 Å². The molecule has 0 spiro atoms. The predicted octanol–water partition coefficient (Wildman–Crippen LogP) is 6.91. The maximum absolute atomic E-state index is 14.5. The average molecular weight is 667 g/mol. The maximum Gasteiger partial charge on any atom is 0.264 e. The smallest absolute Gasteiger partial charge is 0.264 e. The fourth-order valence-corrected chi connectivity index (χ4v) is 6.71. The van der Waals surface area contributed by atoms with Crippen LogP contribution in [-0.4, -0.2) is 44.3 Å². The van der Waals surface area contributed by atoms with Crippen LogP contribution >= 0.6 is 23.2 Å². The lowest BCUT2D eigenvalue weighted by Crippen LogP contribution is -2.53. The van der Waals surface area contributed by atoms with Crippen molar-refractivity contribution in [1.82, 2.24) is 10.2 Å². The van der Waals surface area contributed by atoms with Crippen molar-refractivity contribution in [2.45, 2.75) is 44.7 Å². The van der Waals surface area contributed by atoms with E-state index in [1.165, 1.54) is 17.0 Å². The van der Waals surface area contributed by atoms with Crippen LogP contribution in [-0.2, 0) is 32.6 Å². The lowest BCUT2D eigenvalue weighted by atomic mass is 10.0. The van der Waals surface area contributed by atoms with Crippen molar-refractivity contribution in [2.75, 3.05) is 17.4 Å². The largest absolute Gasteiger partial charge is 0.354 e. The molecule has 0 aliphatic heterocycles. The van der Waals surface area contributed by atoms with Crippen molar-refractivity contribution in [1.29, 1.82) is 0 Å². The van der Waals surface area contributed by atoms with E-state index in [0.717, 1.165) is 9.87 Å². The lowest BCUT2D eigenvalue weighted by molar-refractivity contribution is -0.140. The number of aryl methyl sites for hydroxylation is 1. The van der Waals surface area contributed by atoms with Gasteiger partial charge in [-0.05, 0) is 59.9 Å². The summed E-state index contributed by atoms with van der Waals surface area (Å²) in [5.41, 5.74) is 2.53. The number of anilines is 1. The molecule has 4 aromatic carbocycles. The van der Waals surface area contributed by atoms with Gasteiger partial charge >= 0.3 is 0 Å². The number of sulfonamides is 1. The van der Waals surface area contributed by atoms with Crippen LogP contribution in [0.1, 0.15) is 30.5 Å². The molecule has 0 saturated heterocycles. The van der Waals surface area contributed by atoms with Crippen LogP contribution in [0.15, 0.2) is 108 Å². The summed E-state index contributed by atoms with van der Waals surface area (Å²) in [5.74, 6) is -0.711. The quantitative estimate of drug-likeness (QED) is 0.168. The Hall–Kier alpha value is -3.85. The highest BCUT2D eigenvalue weighted by molar-refractivity contribution is 7.92. The molecule has 7 nitrogen and oxygen atoms in total. The van der Waals surface area contributed by atoms with Crippen LogP contribution in [0.2, 0.25) is 10.0 Å². The Morgan fingerprint density at radius 2 is 1.42 bits per heavy atom. The van der Waals surface area contributed by atoms with Crippen LogP contribution in [0.4, 0.5) is 5.69 Å². The molecule has 0 aromatic heterocycles. The zero-order valence-electron chi connectivity index (χ0n) is 25.5. The minimum Gasteiger partial charge on any atom is -0.354 e. The molecule has 45 heavy (non-hydrogen) atoms. The van der Waals surface area contributed by atoms with Crippen molar-refractivity contribution < 1.29 is 18.0 Å². The molecular formula is C35H37Cl2N3O4S. The Balaban J connectivity index is 1.81. The number of benzene rings is 4. The molecular weight excluding hydrogens is 629 g/mol. The number of nitrogens with zero attached hydrogens (tertiary/aromatic N) is 2. The molecule has 4 aromatic rings. The number of hydrogen-bond donors (Lipinski definition) is 1. The fraction of sp³-hybridized carbons (Fsp3) is 0.257. The summed E-state index contributed by atoms with van der Waals surface area (Å²) >= 11 is 12.5. The molecule has 0 radical (unpaired) electrons. The van der Waals surface area contributed by atoms with Crippen molar-refractivity contribution in [3.63, 3.8) is 0 Å². The first kappa shape index (κ1) is 34.0. The second-order valence-corrected chi connectivity index (χ2v) is 13.9. The maximum atomic E-state index is 14.5. The van der Waals surface area contributed by atoms with Crippen molar-refractivity contribution in [3.8, 4) is 0 Å². The van der Waals surface area contributed by atoms with Crippen molar-refractivity contribution in [3.05, 3.63) is 130 Å². The highest BCUT2D eigenvalue weighted by atomic mass is 35.5. The van der Waals surface area contributed by atoms with E-state index >= 15 is 0 Å². The van der Waals surface area contributed by atoms with E-state index in [0.29, 0.717) is 33.4 Å². The topological polar surface area (TPSA) is 86.8 Å². The van der Waals surface area contributed by atoms with Crippen LogP contribution in [0.25, 0.3) is 0 Å². The first-order chi connectivity index (χ1) is 21.5. The number of rotatable bonds is 13. The average Bonchev–Trinajstić information content (AvgIpc) is 3.03. The third-order valence-corrected chi connectivity index (χ3v) is 9.80. The summed E-state index contributed by atoms with van der Waals surface area (Å²) in [7, 11) is -4.17. The monoisotopic (exact) mass is 665 g/mol. The second-order valence-electron chi connectivity index (χ2n) is 11.2. The molecule has 236 valence electrons. The Morgan fingerprint density at radius 1 is 0.800 bits per heavy atom. The first-order valence-electron chi connectivity index (χ1n) is 14.7. The molecule has 4 rings (SSSR count). The van der Waals surface area contributed by atoms with Crippen LogP contribution in [0.3, 0.4) is 0 Å². The van der Waals surface area contributed by atoms with Gasteiger partial charge < -0.3 is 10.2 Å². The van der Waals surface area contributed by atoms with Gasteiger partial charge in [-0.3, -0.25) is 13.9 Å². The van der Waals surface area contributed by atoms with Gasteiger partial charge in [0, 0.05) is 19.5 Å². The second kappa shape index (κ2) is 15.4. The number of halogens is 2. The molecule has 0 heterocycles. The molecule has 1 atom stereocenters. The van der Waals surface area contributed by atoms with E-state index in [1.54, 1.807) is 67.6 Å². The van der Waals surface area contributed by atoms with Crippen molar-refractivity contribution >= 4 is 50.7 Å². The summed E-state index contributed by atoms with van der Waals surface area (Å²) in [5, 5.41) is 3.64. The van der Waals surface area contributed by atoms with Gasteiger partial charge in [0.25, 0.3) is 10.0 Å². The fourth-order valence-electron chi connectivity index (χ4n) is 4.89. The van der Waals surface area contributed by atoms with Gasteiger partial charge in [-0.1, -0.05) is 110 Å². The summed E-state index contributed by atoms with van der Waals surface area (Å²) in [6.45, 7) is 5.63. The summed E-state index contributed by atoms with van der Waals surface area (Å²) < 4.78 is 29.3. The molecule has 1 N–H and O–H groups in total. The standard InChI is InChI=1S/C35H37Cl2N3O4S/c1-25(2)22-38-35(42)33(21-27-13-6-4-7-14-27)39(23-28-18-19-30(36)31(37)20-28)34(41)24-40(32-17-11-10-12-26(32)3)45(43,44)29-15-8-5-9-16-29/h4-20,25,33H,21-24H2,1-3H3,(H,38,42)/t33-/m1/s1. The van der Waals surface area contributed by atoms with E-state index in [2.05, 4.69) is 5.32 Å². The molecule has 10 heteroatoms. The van der Waals surface area contributed by atoms with Gasteiger partial charge in [0.15, 0.2) is 0 Å². The molecule has 0 fully saturated rings. The minimum absolute atomic E-state index is 0.00465. The van der Waals surface area contributed by atoms with E-state index in [-0.39, 0.29) is 29.7 Å². The van der Waals surface area contributed by atoms with Crippen LogP contribution in [0, 0.1) is 12.8 Å². The Kier molecular flexibility index (Phi) is 11.7. The van der Waals surface area contributed by atoms with Gasteiger partial charge in [-0.2, -0.15) is 0 Å². The molecule has 0 unspecified atom stereocenters. The third kappa shape index (κ3) is 8.87. The number of hydrogen-bond acceptors (Lipinski definition) is 4. The number of carbonyl (C=O) groups excluding carboxylic acids is 2. The highest BCUT2D eigenvalue weighted by Gasteiger charge is 2.35. The van der Waals surface area contributed by atoms with E-state index in [4.69, 9.17) is 23.2 Å². The van der Waals surface area contributed by atoms with E-state index in [1.807, 2.05) is 44.2 Å². The predicted molar refractivity (Wildman–Crippen MR) is 181 cm³/mol.